The number of hydrogen-bond donors (Lipinski definition) is 1. The average Bonchev–Trinajstić information content (AvgIpc) is 2.59. The van der Waals surface area contributed by atoms with Crippen molar-refractivity contribution in [2.24, 2.45) is 0 Å². The molecule has 1 aromatic heterocycles. The molecule has 1 N–H and O–H groups in total. The number of rotatable bonds is 2. The van der Waals surface area contributed by atoms with E-state index in [0.29, 0.717) is 19.5 Å². The quantitative estimate of drug-likeness (QED) is 0.906. The second kappa shape index (κ2) is 3.88. The molecule has 15 heavy (non-hydrogen) atoms. The Labute approximate surface area is 101 Å². The summed E-state index contributed by atoms with van der Waals surface area (Å²) in [5.74, 6) is 0.0174. The van der Waals surface area contributed by atoms with Gasteiger partial charge in [0, 0.05) is 0 Å². The Morgan fingerprint density at radius 3 is 2.80 bits per heavy atom. The van der Waals surface area contributed by atoms with Crippen molar-refractivity contribution in [2.75, 3.05) is 13.1 Å². The van der Waals surface area contributed by atoms with Gasteiger partial charge >= 0.3 is 0 Å². The zero-order valence-corrected chi connectivity index (χ0v) is 10.8. The van der Waals surface area contributed by atoms with Crippen molar-refractivity contribution in [3.8, 4) is 0 Å². The Hall–Kier alpha value is -0.390. The van der Waals surface area contributed by atoms with E-state index >= 15 is 0 Å². The lowest BCUT2D eigenvalue weighted by molar-refractivity contribution is -0.0824. The number of carbonyl (C=O) groups excluding carboxylic acids is 1. The molecular formula is C10H12BrNO2S. The number of β-amino-alcohol motifs (C(OH)–C–C–N with tert-alkyl or cyclic N) is 1. The Morgan fingerprint density at radius 2 is 2.33 bits per heavy atom. The molecule has 1 fully saturated rings. The highest BCUT2D eigenvalue weighted by Crippen LogP contribution is 2.29. The molecule has 1 aromatic rings. The van der Waals surface area contributed by atoms with Crippen LogP contribution < -0.4 is 0 Å². The van der Waals surface area contributed by atoms with Gasteiger partial charge in [-0.15, -0.1) is 11.3 Å². The van der Waals surface area contributed by atoms with E-state index in [-0.39, 0.29) is 5.91 Å². The van der Waals surface area contributed by atoms with E-state index in [9.17, 15) is 9.90 Å². The summed E-state index contributed by atoms with van der Waals surface area (Å²) in [6.45, 7) is 2.85. The molecule has 0 unspecified atom stereocenters. The monoisotopic (exact) mass is 289 g/mol. The van der Waals surface area contributed by atoms with Gasteiger partial charge in [0.15, 0.2) is 0 Å². The first-order valence-electron chi connectivity index (χ1n) is 4.81. The van der Waals surface area contributed by atoms with E-state index in [1.54, 1.807) is 11.0 Å². The topological polar surface area (TPSA) is 40.5 Å². The van der Waals surface area contributed by atoms with Gasteiger partial charge < -0.3 is 10.0 Å². The third-order valence-corrected chi connectivity index (χ3v) is 4.31. The molecule has 1 aliphatic rings. The third-order valence-electron chi connectivity index (χ3n) is 2.70. The number of likely N-dealkylation sites (tertiary alicyclic amines) is 1. The van der Waals surface area contributed by atoms with E-state index in [4.69, 9.17) is 0 Å². The highest BCUT2D eigenvalue weighted by atomic mass is 79.9. The van der Waals surface area contributed by atoms with Crippen LogP contribution in [0.2, 0.25) is 0 Å². The Bertz CT molecular complexity index is 385. The molecule has 2 rings (SSSR count). The van der Waals surface area contributed by atoms with Crippen LogP contribution in [0.3, 0.4) is 0 Å². The summed E-state index contributed by atoms with van der Waals surface area (Å²) in [5.41, 5.74) is -0.649. The van der Waals surface area contributed by atoms with Crippen molar-refractivity contribution in [3.05, 3.63) is 20.8 Å². The van der Waals surface area contributed by atoms with E-state index < -0.39 is 5.60 Å². The summed E-state index contributed by atoms with van der Waals surface area (Å²) in [7, 11) is 0. The van der Waals surface area contributed by atoms with Gasteiger partial charge in [0.05, 0.1) is 27.4 Å². The maximum atomic E-state index is 11.8. The predicted molar refractivity (Wildman–Crippen MR) is 63.2 cm³/mol. The van der Waals surface area contributed by atoms with Gasteiger partial charge in [0.25, 0.3) is 5.91 Å². The van der Waals surface area contributed by atoms with E-state index in [1.165, 1.54) is 11.3 Å². The zero-order valence-electron chi connectivity index (χ0n) is 8.36. The summed E-state index contributed by atoms with van der Waals surface area (Å²) >= 11 is 4.75. The smallest absolute Gasteiger partial charge is 0.264 e. The molecule has 0 bridgehead atoms. The van der Waals surface area contributed by atoms with Crippen LogP contribution in [0.15, 0.2) is 15.9 Å². The van der Waals surface area contributed by atoms with Crippen LogP contribution in [-0.2, 0) is 0 Å². The van der Waals surface area contributed by atoms with Crippen LogP contribution in [-0.4, -0.2) is 34.6 Å². The number of carbonyl (C=O) groups is 1. The molecule has 0 saturated carbocycles. The van der Waals surface area contributed by atoms with Crippen molar-refractivity contribution in [2.45, 2.75) is 18.9 Å². The number of thiophene rings is 1. The van der Waals surface area contributed by atoms with Crippen LogP contribution in [0.1, 0.15) is 23.0 Å². The maximum absolute atomic E-state index is 11.8. The Kier molecular flexibility index (Phi) is 2.87. The molecule has 3 nitrogen and oxygen atoms in total. The molecule has 1 aliphatic heterocycles. The van der Waals surface area contributed by atoms with Crippen LogP contribution >= 0.6 is 27.3 Å². The van der Waals surface area contributed by atoms with Gasteiger partial charge in [0.1, 0.15) is 0 Å². The van der Waals surface area contributed by atoms with Gasteiger partial charge in [-0.2, -0.15) is 0 Å². The molecule has 0 aromatic carbocycles. The number of aliphatic hydroxyl groups is 1. The van der Waals surface area contributed by atoms with Gasteiger partial charge in [-0.3, -0.25) is 4.79 Å². The minimum Gasteiger partial charge on any atom is -0.386 e. The molecule has 0 radical (unpaired) electrons. The van der Waals surface area contributed by atoms with Crippen molar-refractivity contribution in [1.29, 1.82) is 0 Å². The van der Waals surface area contributed by atoms with Crippen molar-refractivity contribution < 1.29 is 9.90 Å². The lowest BCUT2D eigenvalue weighted by Gasteiger charge is -2.45. The number of halogens is 1. The van der Waals surface area contributed by atoms with Crippen molar-refractivity contribution >= 4 is 33.2 Å². The van der Waals surface area contributed by atoms with Crippen LogP contribution in [0, 0.1) is 0 Å². The van der Waals surface area contributed by atoms with E-state index in [0.717, 1.165) is 8.66 Å². The molecule has 2 heterocycles. The summed E-state index contributed by atoms with van der Waals surface area (Å²) < 4.78 is 0.956. The summed E-state index contributed by atoms with van der Waals surface area (Å²) in [5, 5.41) is 9.79. The first kappa shape index (κ1) is 11.1. The number of hydrogen-bond acceptors (Lipinski definition) is 3. The van der Waals surface area contributed by atoms with E-state index in [1.807, 2.05) is 13.0 Å². The Balaban J connectivity index is 2.00. The molecule has 1 saturated heterocycles. The molecule has 0 spiro atoms. The fraction of sp³-hybridized carbons (Fsp3) is 0.500. The van der Waals surface area contributed by atoms with Crippen LogP contribution in [0.4, 0.5) is 0 Å². The van der Waals surface area contributed by atoms with Gasteiger partial charge in [-0.1, -0.05) is 6.92 Å². The minimum atomic E-state index is -0.649. The van der Waals surface area contributed by atoms with Gasteiger partial charge in [-0.05, 0) is 34.5 Å². The first-order chi connectivity index (χ1) is 7.04. The van der Waals surface area contributed by atoms with Crippen LogP contribution in [0.25, 0.3) is 0 Å². The summed E-state index contributed by atoms with van der Waals surface area (Å²) in [6.07, 6.45) is 0.699. The SMILES string of the molecule is CCC1(O)CN(C(=O)c2ccc(Br)s2)C1. The number of amides is 1. The second-order valence-corrected chi connectivity index (χ2v) is 6.31. The molecule has 1 amide bonds. The molecule has 5 heteroatoms. The zero-order chi connectivity index (χ0) is 11.1. The highest BCUT2D eigenvalue weighted by Gasteiger charge is 2.42. The first-order valence-corrected chi connectivity index (χ1v) is 6.42. The van der Waals surface area contributed by atoms with E-state index in [2.05, 4.69) is 15.9 Å². The summed E-state index contributed by atoms with van der Waals surface area (Å²) in [6, 6.07) is 3.67. The standard InChI is InChI=1S/C10H12BrNO2S/c1-2-10(14)5-12(6-10)9(13)7-3-4-8(11)15-7/h3-4,14H,2,5-6H2,1H3. The molecule has 82 valence electrons. The Morgan fingerprint density at radius 1 is 1.67 bits per heavy atom. The lowest BCUT2D eigenvalue weighted by atomic mass is 9.91. The van der Waals surface area contributed by atoms with Crippen molar-refractivity contribution in [1.82, 2.24) is 4.90 Å². The minimum absolute atomic E-state index is 0.0174. The van der Waals surface area contributed by atoms with Gasteiger partial charge in [-0.25, -0.2) is 0 Å². The molecule has 0 atom stereocenters. The highest BCUT2D eigenvalue weighted by molar-refractivity contribution is 9.11. The fourth-order valence-electron chi connectivity index (χ4n) is 1.62. The second-order valence-electron chi connectivity index (χ2n) is 3.84. The predicted octanol–water partition coefficient (Wildman–Crippen LogP) is 2.11. The third kappa shape index (κ3) is 2.09. The number of nitrogens with zero attached hydrogens (tertiary/aromatic N) is 1. The molecular weight excluding hydrogens is 278 g/mol. The normalized spacial score (nSPS) is 18.7. The molecule has 0 aliphatic carbocycles. The van der Waals surface area contributed by atoms with Gasteiger partial charge in [0.2, 0.25) is 0 Å². The largest absolute Gasteiger partial charge is 0.386 e. The lowest BCUT2D eigenvalue weighted by Crippen LogP contribution is -2.63. The maximum Gasteiger partial charge on any atom is 0.264 e. The van der Waals surface area contributed by atoms with Crippen LogP contribution in [0.5, 0.6) is 0 Å². The average molecular weight is 290 g/mol. The summed E-state index contributed by atoms with van der Waals surface area (Å²) in [4.78, 5) is 14.3. The van der Waals surface area contributed by atoms with Crippen molar-refractivity contribution in [3.63, 3.8) is 0 Å². The fourth-order valence-corrected chi connectivity index (χ4v) is 2.97.